The highest BCUT2D eigenvalue weighted by molar-refractivity contribution is 6.60. The predicted molar refractivity (Wildman–Crippen MR) is 91.2 cm³/mol. The van der Waals surface area contributed by atoms with Crippen LogP contribution in [0.2, 0.25) is 6.04 Å². The summed E-state index contributed by atoms with van der Waals surface area (Å²) in [7, 11) is -1.29. The van der Waals surface area contributed by atoms with Gasteiger partial charge in [0.1, 0.15) is 6.04 Å². The first-order chi connectivity index (χ1) is 10.7. The average molecular weight is 348 g/mol. The van der Waals surface area contributed by atoms with Crippen molar-refractivity contribution in [3.8, 4) is 0 Å². The molecule has 2 unspecified atom stereocenters. The lowest BCUT2D eigenvalue weighted by Crippen LogP contribution is -2.50. The van der Waals surface area contributed by atoms with Gasteiger partial charge in [-0.15, -0.1) is 0 Å². The van der Waals surface area contributed by atoms with Gasteiger partial charge in [0.2, 0.25) is 0 Å². The Morgan fingerprint density at radius 2 is 1.52 bits per heavy atom. The van der Waals surface area contributed by atoms with Crippen molar-refractivity contribution in [3.05, 3.63) is 0 Å². The molecule has 0 bridgehead atoms. The first-order valence-electron chi connectivity index (χ1n) is 8.54. The maximum atomic E-state index is 11.5. The Kier molecular flexibility index (Phi) is 8.16. The number of carbonyl (C=O) groups is 1. The molecule has 23 heavy (non-hydrogen) atoms. The van der Waals surface area contributed by atoms with E-state index in [1.54, 1.807) is 0 Å². The third-order valence-electron chi connectivity index (χ3n) is 3.36. The third-order valence-corrected chi connectivity index (χ3v) is 6.82. The zero-order valence-electron chi connectivity index (χ0n) is 15.6. The van der Waals surface area contributed by atoms with Crippen molar-refractivity contribution in [2.75, 3.05) is 20.2 Å². The van der Waals surface area contributed by atoms with E-state index in [-0.39, 0.29) is 30.3 Å². The monoisotopic (exact) mass is 347 g/mol. The normalized spacial score (nSPS) is 21.3. The van der Waals surface area contributed by atoms with Gasteiger partial charge in [0, 0.05) is 30.9 Å². The van der Waals surface area contributed by atoms with Crippen molar-refractivity contribution in [3.63, 3.8) is 0 Å². The van der Waals surface area contributed by atoms with Crippen LogP contribution in [-0.2, 0) is 22.8 Å². The predicted octanol–water partition coefficient (Wildman–Crippen LogP) is 2.45. The maximum Gasteiger partial charge on any atom is 0.501 e. The topological polar surface area (TPSA) is 57.0 Å². The Hall–Kier alpha value is -0.473. The van der Waals surface area contributed by atoms with Gasteiger partial charge in [-0.25, -0.2) is 0 Å². The maximum absolute atomic E-state index is 11.5. The summed E-state index contributed by atoms with van der Waals surface area (Å²) in [6.45, 7) is 13.7. The molecule has 0 aliphatic carbocycles. The van der Waals surface area contributed by atoms with Crippen LogP contribution in [0.1, 0.15) is 48.0 Å². The van der Waals surface area contributed by atoms with E-state index in [2.05, 4.69) is 4.90 Å². The molecule has 136 valence electrons. The zero-order chi connectivity index (χ0) is 17.6. The van der Waals surface area contributed by atoms with Crippen molar-refractivity contribution in [1.29, 1.82) is 0 Å². The molecule has 1 rings (SSSR count). The fourth-order valence-electron chi connectivity index (χ4n) is 2.62. The van der Waals surface area contributed by atoms with Gasteiger partial charge >= 0.3 is 14.8 Å². The minimum atomic E-state index is -2.72. The Morgan fingerprint density at radius 3 is 1.91 bits per heavy atom. The van der Waals surface area contributed by atoms with Crippen LogP contribution in [0.25, 0.3) is 0 Å². The summed E-state index contributed by atoms with van der Waals surface area (Å²) in [6.07, 6.45) is 1.06. The molecule has 1 heterocycles. The Labute approximate surface area is 141 Å². The zero-order valence-corrected chi connectivity index (χ0v) is 16.6. The van der Waals surface area contributed by atoms with Crippen LogP contribution < -0.4 is 0 Å². The molecule has 0 saturated carbocycles. The van der Waals surface area contributed by atoms with Crippen LogP contribution in [0.3, 0.4) is 0 Å². The second-order valence-electron chi connectivity index (χ2n) is 6.82. The van der Waals surface area contributed by atoms with Crippen LogP contribution in [-0.4, -0.2) is 64.2 Å². The first kappa shape index (κ1) is 20.6. The van der Waals surface area contributed by atoms with Gasteiger partial charge in [0.15, 0.2) is 0 Å². The molecular weight excluding hydrogens is 314 g/mol. The summed E-state index contributed by atoms with van der Waals surface area (Å²) in [6, 6.07) is 0.686. The lowest BCUT2D eigenvalue weighted by Gasteiger charge is -2.34. The number of esters is 1. The quantitative estimate of drug-likeness (QED) is 0.325. The molecule has 0 N–H and O–H groups in total. The van der Waals surface area contributed by atoms with Gasteiger partial charge in [0.25, 0.3) is 0 Å². The van der Waals surface area contributed by atoms with E-state index in [1.807, 2.05) is 41.5 Å². The highest BCUT2D eigenvalue weighted by Crippen LogP contribution is 2.26. The van der Waals surface area contributed by atoms with Gasteiger partial charge in [-0.1, -0.05) is 0 Å². The Balaban J connectivity index is 2.59. The van der Waals surface area contributed by atoms with Crippen molar-refractivity contribution in [2.45, 2.75) is 78.4 Å². The largest absolute Gasteiger partial charge is 0.501 e. The van der Waals surface area contributed by atoms with Crippen molar-refractivity contribution in [2.24, 2.45) is 0 Å². The molecule has 1 aliphatic rings. The molecule has 6 nitrogen and oxygen atoms in total. The molecular formula is C16H33NO5Si. The standard InChI is InChI=1S/C16H33NO5Si/c1-12(2)20-23(21-13(3)4,22-14(5)6)10-8-9-17-11-15(17)16(18)19-7/h12-15H,8-11H2,1-7H3. The highest BCUT2D eigenvalue weighted by atomic mass is 28.4. The summed E-state index contributed by atoms with van der Waals surface area (Å²) in [4.78, 5) is 13.6. The molecule has 1 fully saturated rings. The third kappa shape index (κ3) is 7.30. The molecule has 0 amide bonds. The van der Waals surface area contributed by atoms with E-state index in [4.69, 9.17) is 18.0 Å². The van der Waals surface area contributed by atoms with Crippen LogP contribution in [0, 0.1) is 0 Å². The molecule has 0 aromatic heterocycles. The summed E-state index contributed by atoms with van der Waals surface area (Å²) < 4.78 is 23.2. The van der Waals surface area contributed by atoms with E-state index in [0.717, 1.165) is 25.6 Å². The minimum Gasteiger partial charge on any atom is -0.468 e. The fraction of sp³-hybridized carbons (Fsp3) is 0.938. The van der Waals surface area contributed by atoms with Crippen molar-refractivity contribution in [1.82, 2.24) is 4.90 Å². The van der Waals surface area contributed by atoms with Gasteiger partial charge in [-0.3, -0.25) is 9.69 Å². The van der Waals surface area contributed by atoms with Gasteiger partial charge < -0.3 is 18.0 Å². The molecule has 7 heteroatoms. The SMILES string of the molecule is COC(=O)C1CN1CCC[Si](OC(C)C)(OC(C)C)OC(C)C. The number of hydrogen-bond acceptors (Lipinski definition) is 6. The summed E-state index contributed by atoms with van der Waals surface area (Å²) in [5.41, 5.74) is 0. The van der Waals surface area contributed by atoms with Crippen LogP contribution in [0.5, 0.6) is 0 Å². The van der Waals surface area contributed by atoms with E-state index in [9.17, 15) is 4.79 Å². The summed E-state index contributed by atoms with van der Waals surface area (Å²) >= 11 is 0. The molecule has 0 radical (unpaired) electrons. The van der Waals surface area contributed by atoms with E-state index >= 15 is 0 Å². The molecule has 2 atom stereocenters. The molecule has 1 aliphatic heterocycles. The smallest absolute Gasteiger partial charge is 0.468 e. The van der Waals surface area contributed by atoms with Crippen LogP contribution in [0.4, 0.5) is 0 Å². The molecule has 0 aromatic carbocycles. The first-order valence-corrected chi connectivity index (χ1v) is 10.5. The molecule has 0 aromatic rings. The molecule has 1 saturated heterocycles. The van der Waals surface area contributed by atoms with E-state index < -0.39 is 8.80 Å². The number of carbonyl (C=O) groups excluding carboxylic acids is 1. The van der Waals surface area contributed by atoms with Crippen molar-refractivity contribution >= 4 is 14.8 Å². The second-order valence-corrected chi connectivity index (χ2v) is 9.39. The Morgan fingerprint density at radius 1 is 1.04 bits per heavy atom. The lowest BCUT2D eigenvalue weighted by molar-refractivity contribution is -0.140. The second kappa shape index (κ2) is 9.13. The lowest BCUT2D eigenvalue weighted by atomic mass is 10.4. The van der Waals surface area contributed by atoms with Gasteiger partial charge in [-0.2, -0.15) is 0 Å². The highest BCUT2D eigenvalue weighted by Gasteiger charge is 2.45. The summed E-state index contributed by atoms with van der Waals surface area (Å²) in [5, 5.41) is 0. The Bertz CT molecular complexity index is 349. The van der Waals surface area contributed by atoms with E-state index in [0.29, 0.717) is 0 Å². The van der Waals surface area contributed by atoms with Crippen LogP contribution in [0.15, 0.2) is 0 Å². The molecule has 0 spiro atoms. The summed E-state index contributed by atoms with van der Waals surface area (Å²) in [5.74, 6) is -0.149. The fourth-order valence-corrected chi connectivity index (χ4v) is 5.88. The van der Waals surface area contributed by atoms with Crippen LogP contribution >= 0.6 is 0 Å². The number of nitrogens with zero attached hydrogens (tertiary/aromatic N) is 1. The van der Waals surface area contributed by atoms with Gasteiger partial charge in [-0.05, 0) is 54.5 Å². The van der Waals surface area contributed by atoms with Crippen molar-refractivity contribution < 1.29 is 22.8 Å². The number of ether oxygens (including phenoxy) is 1. The minimum absolute atomic E-state index is 0.0585. The van der Waals surface area contributed by atoms with E-state index in [1.165, 1.54) is 7.11 Å². The number of rotatable bonds is 11. The number of hydrogen-bond donors (Lipinski definition) is 0. The van der Waals surface area contributed by atoms with Gasteiger partial charge in [0.05, 0.1) is 7.11 Å². The average Bonchev–Trinajstić information content (AvgIpc) is 3.14. The number of methoxy groups -OCH3 is 1.